The van der Waals surface area contributed by atoms with E-state index >= 15 is 0 Å². The number of amides is 3. The number of nitrogens with two attached hydrogens (primary N) is 1. The average molecular weight is 1200 g/mol. The number of carbonyl (C=O) groups is 8. The monoisotopic (exact) mass is 1200 g/mol. The first-order valence-electron chi connectivity index (χ1n) is 26.4. The van der Waals surface area contributed by atoms with Gasteiger partial charge in [0, 0.05) is 65.1 Å². The van der Waals surface area contributed by atoms with Crippen molar-refractivity contribution in [3.05, 3.63) is 116 Å². The summed E-state index contributed by atoms with van der Waals surface area (Å²) in [5.74, 6) is -5.23. The molecule has 11 N–H and O–H groups in total. The van der Waals surface area contributed by atoms with Crippen molar-refractivity contribution in [2.24, 2.45) is 0 Å². The number of methoxy groups -OCH3 is 1. The molecule has 8 rings (SSSR count). The van der Waals surface area contributed by atoms with E-state index in [1.807, 2.05) is 0 Å². The number of carboxylic acids is 1. The molecule has 1 saturated heterocycles. The molecule has 27 nitrogen and oxygen atoms in total. The molecular weight excluding hydrogens is 1140 g/mol. The molecular formula is C55H61N9O18S2. The topological polar surface area (TPSA) is 409 Å². The van der Waals surface area contributed by atoms with E-state index in [1.54, 1.807) is 38.1 Å². The highest BCUT2D eigenvalue weighted by Gasteiger charge is 2.47. The van der Waals surface area contributed by atoms with Crippen LogP contribution in [0.15, 0.2) is 65.6 Å². The van der Waals surface area contributed by atoms with Crippen LogP contribution < -0.4 is 37.3 Å². The van der Waals surface area contributed by atoms with E-state index in [2.05, 4.69) is 41.2 Å². The molecule has 0 saturated carbocycles. The van der Waals surface area contributed by atoms with Gasteiger partial charge in [0.25, 0.3) is 11.5 Å². The number of anilines is 2. The SMILES string of the molecule is COc1cccc2c1C(=O)c1cc3c(cc1C2=O)C[C@@](O)(C(=O)CO)C[C@@H]3O[C@H]1C[C@@H](NC(=O)OCCSSC[C@@H](NC(=O)CC[C@@H](NC(=O)c2ccc(NCc3cnc4nc(N)[nH]c(=O)c4n3)cc2)C(=O)OC(C)C)C(=O)O)[C@H](O)[C@H](C)O1. The second-order valence-electron chi connectivity index (χ2n) is 20.2. The highest BCUT2D eigenvalue weighted by atomic mass is 33.1. The third-order valence-corrected chi connectivity index (χ3v) is 16.3. The third-order valence-electron chi connectivity index (χ3n) is 13.9. The van der Waals surface area contributed by atoms with Crippen molar-refractivity contribution in [1.29, 1.82) is 0 Å². The molecule has 2 aromatic heterocycles. The number of hydrogen-bond donors (Lipinski definition) is 10. The van der Waals surface area contributed by atoms with Crippen LogP contribution in [-0.2, 0) is 51.1 Å². The molecule has 8 atom stereocenters. The van der Waals surface area contributed by atoms with Crippen LogP contribution >= 0.6 is 21.6 Å². The number of nitrogen functional groups attached to an aromatic ring is 1. The number of H-pyrrole nitrogens is 1. The van der Waals surface area contributed by atoms with Gasteiger partial charge in [0.2, 0.25) is 11.9 Å². The molecule has 3 heterocycles. The van der Waals surface area contributed by atoms with Crippen molar-refractivity contribution >= 4 is 91.6 Å². The number of rotatable bonds is 24. The Bertz CT molecular complexity index is 3420. The van der Waals surface area contributed by atoms with E-state index in [4.69, 9.17) is 29.4 Å². The zero-order valence-electron chi connectivity index (χ0n) is 45.7. The van der Waals surface area contributed by atoms with Gasteiger partial charge in [-0.2, -0.15) is 4.98 Å². The first kappa shape index (κ1) is 62.0. The molecule has 0 radical (unpaired) electrons. The van der Waals surface area contributed by atoms with Crippen molar-refractivity contribution < 1.29 is 82.5 Å². The number of nitrogens with one attached hydrogen (secondary N) is 5. The number of benzene rings is 3. The van der Waals surface area contributed by atoms with Gasteiger partial charge in [-0.15, -0.1) is 0 Å². The predicted octanol–water partition coefficient (Wildman–Crippen LogP) is 2.06. The van der Waals surface area contributed by atoms with E-state index in [0.717, 1.165) is 21.6 Å². The van der Waals surface area contributed by atoms with E-state index in [0.29, 0.717) is 22.5 Å². The van der Waals surface area contributed by atoms with Crippen LogP contribution in [0.1, 0.15) is 112 Å². The quantitative estimate of drug-likeness (QED) is 0.0235. The number of alkyl carbamates (subject to hydrolysis) is 1. The minimum atomic E-state index is -2.14. The number of aliphatic hydroxyl groups is 3. The molecule has 446 valence electrons. The standard InChI is InChI=1S/C55H61N9O18S2/c1-25(2)80-52(75)35(61-49(71)27-8-10-29(11-9-27)57-21-30-22-58-48-44(59-30)50(72)64-53(56)63-48)12-13-41(67)60-37(51(73)74)24-84-83-15-14-79-54(76)62-36-18-42(81-26(3)45(36)68)82-39-20-55(77,40(66)23-65)19-28-16-33-34(17-32(28)39)47(70)43-31(46(33)69)6-5-7-38(43)78-4/h5-11,16-17,22,25-26,35-37,39,42,45,57,65,68,77H,12-15,18-21,23-24H2,1-4H3,(H,60,67)(H,61,71)(H,62,76)(H,73,74)(H3,56,58,63,64,72)/t26-,35+,36+,37+,39-,42-,45+,55-/m0/s1. The van der Waals surface area contributed by atoms with E-state index in [-0.39, 0.29) is 107 Å². The van der Waals surface area contributed by atoms with Crippen LogP contribution in [0.2, 0.25) is 0 Å². The summed E-state index contributed by atoms with van der Waals surface area (Å²) in [6.45, 7) is 3.76. The van der Waals surface area contributed by atoms with Gasteiger partial charge >= 0.3 is 18.0 Å². The molecule has 1 aliphatic heterocycles. The van der Waals surface area contributed by atoms with Crippen molar-refractivity contribution in [2.45, 2.75) is 114 Å². The molecule has 5 aromatic rings. The van der Waals surface area contributed by atoms with Gasteiger partial charge in [0.1, 0.15) is 42.8 Å². The predicted molar refractivity (Wildman–Crippen MR) is 301 cm³/mol. The van der Waals surface area contributed by atoms with Gasteiger partial charge in [-0.05, 0) is 80.8 Å². The fourth-order valence-electron chi connectivity index (χ4n) is 9.69. The molecule has 2 aliphatic carbocycles. The Morgan fingerprint density at radius 2 is 1.71 bits per heavy atom. The summed E-state index contributed by atoms with van der Waals surface area (Å²) in [7, 11) is 3.59. The maximum Gasteiger partial charge on any atom is 0.407 e. The lowest BCUT2D eigenvalue weighted by molar-refractivity contribution is -0.249. The van der Waals surface area contributed by atoms with E-state index < -0.39 is 114 Å². The van der Waals surface area contributed by atoms with Crippen LogP contribution in [0.3, 0.4) is 0 Å². The van der Waals surface area contributed by atoms with Gasteiger partial charge in [0.05, 0.1) is 55.5 Å². The Morgan fingerprint density at radius 3 is 2.43 bits per heavy atom. The van der Waals surface area contributed by atoms with Crippen LogP contribution in [-0.4, -0.2) is 168 Å². The number of Topliss-reactive ketones (excluding diaryl/α,β-unsaturated/α-hetero) is 1. The first-order valence-corrected chi connectivity index (χ1v) is 28.9. The third kappa shape index (κ3) is 14.6. The number of carboxylic acid groups (broad SMARTS) is 1. The zero-order valence-corrected chi connectivity index (χ0v) is 47.3. The van der Waals surface area contributed by atoms with Gasteiger partial charge in [0.15, 0.2) is 34.8 Å². The highest BCUT2D eigenvalue weighted by Crippen LogP contribution is 2.44. The number of ether oxygens (including phenoxy) is 5. The smallest absolute Gasteiger partial charge is 0.407 e. The van der Waals surface area contributed by atoms with E-state index in [1.165, 1.54) is 50.6 Å². The average Bonchev–Trinajstić information content (AvgIpc) is 3.58. The fourth-order valence-corrected chi connectivity index (χ4v) is 11.7. The summed E-state index contributed by atoms with van der Waals surface area (Å²) in [5.41, 5.74) is 5.15. The number of carbonyl (C=O) groups excluding carboxylic acids is 7. The summed E-state index contributed by atoms with van der Waals surface area (Å²) in [5, 5.41) is 53.1. The first-order chi connectivity index (χ1) is 40.1. The summed E-state index contributed by atoms with van der Waals surface area (Å²) >= 11 is 0. The maximum atomic E-state index is 13.9. The Balaban J connectivity index is 0.788. The molecule has 3 aromatic carbocycles. The second kappa shape index (κ2) is 27.1. The minimum Gasteiger partial charge on any atom is -0.496 e. The van der Waals surface area contributed by atoms with Crippen LogP contribution in [0, 0.1) is 0 Å². The molecule has 3 aliphatic rings. The normalized spacial score (nSPS) is 20.5. The number of fused-ring (bicyclic) bond motifs is 4. The lowest BCUT2D eigenvalue weighted by atomic mass is 9.73. The minimum absolute atomic E-state index is 0.0130. The lowest BCUT2D eigenvalue weighted by Gasteiger charge is -2.42. The van der Waals surface area contributed by atoms with Crippen LogP contribution in [0.4, 0.5) is 16.4 Å². The summed E-state index contributed by atoms with van der Waals surface area (Å²) in [4.78, 5) is 132. The Labute approximate surface area is 486 Å². The number of esters is 1. The number of aliphatic carboxylic acids is 1. The molecule has 0 unspecified atom stereocenters. The van der Waals surface area contributed by atoms with Crippen molar-refractivity contribution in [2.75, 3.05) is 42.9 Å². The largest absolute Gasteiger partial charge is 0.496 e. The number of nitrogens with zero attached hydrogens (tertiary/aromatic N) is 3. The summed E-state index contributed by atoms with van der Waals surface area (Å²) in [6, 6.07) is 10.1. The van der Waals surface area contributed by atoms with Crippen LogP contribution in [0.5, 0.6) is 5.75 Å². The number of hydrogen-bond acceptors (Lipinski definition) is 24. The van der Waals surface area contributed by atoms with Crippen LogP contribution in [0.25, 0.3) is 11.2 Å². The molecule has 0 spiro atoms. The number of aromatic amines is 1. The van der Waals surface area contributed by atoms with E-state index in [9.17, 15) is 63.6 Å². The van der Waals surface area contributed by atoms with Gasteiger partial charge in [-0.1, -0.05) is 33.7 Å². The van der Waals surface area contributed by atoms with Crippen molar-refractivity contribution in [3.8, 4) is 5.75 Å². The summed E-state index contributed by atoms with van der Waals surface area (Å²) in [6.07, 6.45) is -5.99. The highest BCUT2D eigenvalue weighted by molar-refractivity contribution is 8.76. The Hall–Kier alpha value is -8.06. The molecule has 1 fully saturated rings. The Kier molecular flexibility index (Phi) is 20.0. The Morgan fingerprint density at radius 1 is 0.964 bits per heavy atom. The van der Waals surface area contributed by atoms with Gasteiger partial charge < -0.3 is 71.1 Å². The number of aromatic nitrogens is 4. The molecule has 3 amide bonds. The lowest BCUT2D eigenvalue weighted by Crippen LogP contribution is -2.56. The van der Waals surface area contributed by atoms with Gasteiger partial charge in [-0.3, -0.25) is 33.8 Å². The molecule has 29 heteroatoms. The van der Waals surface area contributed by atoms with Crippen molar-refractivity contribution in [1.82, 2.24) is 35.9 Å². The number of aliphatic hydroxyl groups excluding tert-OH is 2. The van der Waals surface area contributed by atoms with Gasteiger partial charge in [-0.25, -0.2) is 24.4 Å². The van der Waals surface area contributed by atoms with Crippen molar-refractivity contribution in [3.63, 3.8) is 0 Å². The zero-order chi connectivity index (χ0) is 60.6. The molecule has 84 heavy (non-hydrogen) atoms. The maximum absolute atomic E-state index is 13.9. The number of ketones is 3. The second-order valence-corrected chi connectivity index (χ2v) is 22.8. The summed E-state index contributed by atoms with van der Waals surface area (Å²) < 4.78 is 28.4. The molecule has 0 bridgehead atoms. The fraction of sp³-hybridized carbons (Fsp3) is 0.418.